The van der Waals surface area contributed by atoms with Crippen molar-refractivity contribution in [3.05, 3.63) is 0 Å². The van der Waals surface area contributed by atoms with Gasteiger partial charge in [0.05, 0.1) is 25.4 Å². The van der Waals surface area contributed by atoms with Crippen molar-refractivity contribution in [2.45, 2.75) is 38.0 Å². The quantitative estimate of drug-likeness (QED) is 0.545. The molecule has 0 aliphatic carbocycles. The van der Waals surface area contributed by atoms with Crippen LogP contribution >= 0.6 is 0 Å². The highest BCUT2D eigenvalue weighted by atomic mass is 16.5. The van der Waals surface area contributed by atoms with E-state index in [2.05, 4.69) is 5.32 Å². The Hall–Kier alpha value is -0.650. The monoisotopic (exact) mass is 202 g/mol. The summed E-state index contributed by atoms with van der Waals surface area (Å²) in [5.74, 6) is -0.351. The molecule has 1 fully saturated rings. The zero-order chi connectivity index (χ0) is 10.8. The fourth-order valence-corrected chi connectivity index (χ4v) is 1.67. The fourth-order valence-electron chi connectivity index (χ4n) is 1.67. The number of hydrogen-bond acceptors (Lipinski definition) is 4. The summed E-state index contributed by atoms with van der Waals surface area (Å²) >= 11 is 0. The second-order valence-electron chi connectivity index (χ2n) is 4.38. The molecule has 0 saturated carbocycles. The zero-order valence-electron chi connectivity index (χ0n) is 8.62. The van der Waals surface area contributed by atoms with Gasteiger partial charge >= 0.3 is 0 Å². The number of carbonyl (C=O) groups is 1. The molecule has 5 nitrogen and oxygen atoms in total. The van der Waals surface area contributed by atoms with Gasteiger partial charge in [0.15, 0.2) is 0 Å². The van der Waals surface area contributed by atoms with Crippen LogP contribution in [-0.2, 0) is 9.53 Å². The van der Waals surface area contributed by atoms with Crippen LogP contribution in [0.2, 0.25) is 0 Å². The average Bonchev–Trinajstić information content (AvgIpc) is 2.32. The number of amides is 1. The predicted octanol–water partition coefficient (Wildman–Crippen LogP) is -1.01. The van der Waals surface area contributed by atoms with Crippen LogP contribution in [0.5, 0.6) is 0 Å². The highest BCUT2D eigenvalue weighted by Gasteiger charge is 2.31. The van der Waals surface area contributed by atoms with Gasteiger partial charge in [0.2, 0.25) is 5.91 Å². The highest BCUT2D eigenvalue weighted by Crippen LogP contribution is 2.13. The van der Waals surface area contributed by atoms with Crippen molar-refractivity contribution in [1.82, 2.24) is 5.32 Å². The lowest BCUT2D eigenvalue weighted by atomic mass is 9.98. The molecular weight excluding hydrogens is 184 g/mol. The topological polar surface area (TPSA) is 84.6 Å². The molecule has 0 aromatic rings. The van der Waals surface area contributed by atoms with Crippen molar-refractivity contribution in [3.63, 3.8) is 0 Å². The first-order valence-corrected chi connectivity index (χ1v) is 4.72. The number of nitrogens with two attached hydrogens (primary N) is 1. The molecule has 0 aromatic heterocycles. The van der Waals surface area contributed by atoms with Gasteiger partial charge in [-0.3, -0.25) is 4.79 Å². The van der Waals surface area contributed by atoms with Gasteiger partial charge in [-0.1, -0.05) is 0 Å². The van der Waals surface area contributed by atoms with Crippen LogP contribution in [-0.4, -0.2) is 41.9 Å². The Morgan fingerprint density at radius 1 is 1.64 bits per heavy atom. The molecule has 2 atom stereocenters. The summed E-state index contributed by atoms with van der Waals surface area (Å²) in [6.07, 6.45) is -0.252. The van der Waals surface area contributed by atoms with Crippen LogP contribution < -0.4 is 11.1 Å². The fraction of sp³-hybridized carbons (Fsp3) is 0.889. The molecule has 1 heterocycles. The molecule has 1 saturated heterocycles. The Balaban J connectivity index is 2.45. The molecule has 1 aliphatic rings. The third-order valence-corrected chi connectivity index (χ3v) is 2.24. The van der Waals surface area contributed by atoms with E-state index in [0.29, 0.717) is 13.2 Å². The largest absolute Gasteiger partial charge is 0.389 e. The summed E-state index contributed by atoms with van der Waals surface area (Å²) in [4.78, 5) is 10.8. The molecule has 0 bridgehead atoms. The molecule has 2 unspecified atom stereocenters. The predicted molar refractivity (Wildman–Crippen MR) is 51.6 cm³/mol. The summed E-state index contributed by atoms with van der Waals surface area (Å²) in [6, 6.07) is -0.107. The van der Waals surface area contributed by atoms with Crippen LogP contribution in [0, 0.1) is 0 Å². The number of hydrogen-bond donors (Lipinski definition) is 3. The van der Waals surface area contributed by atoms with Gasteiger partial charge in [0.1, 0.15) is 0 Å². The summed E-state index contributed by atoms with van der Waals surface area (Å²) in [7, 11) is 0. The Morgan fingerprint density at radius 2 is 2.29 bits per heavy atom. The number of ether oxygens (including phenoxy) is 1. The van der Waals surface area contributed by atoms with E-state index in [-0.39, 0.29) is 18.4 Å². The second kappa shape index (κ2) is 4.25. The average molecular weight is 202 g/mol. The van der Waals surface area contributed by atoms with Gasteiger partial charge in [-0.15, -0.1) is 0 Å². The molecule has 0 aromatic carbocycles. The Morgan fingerprint density at radius 3 is 2.71 bits per heavy atom. The summed E-state index contributed by atoms with van der Waals surface area (Å²) < 4.78 is 5.09. The van der Waals surface area contributed by atoms with Crippen molar-refractivity contribution in [1.29, 1.82) is 0 Å². The van der Waals surface area contributed by atoms with Crippen molar-refractivity contribution in [2.75, 3.05) is 13.2 Å². The second-order valence-corrected chi connectivity index (χ2v) is 4.38. The van der Waals surface area contributed by atoms with Crippen LogP contribution in [0.1, 0.15) is 20.3 Å². The van der Waals surface area contributed by atoms with E-state index in [1.807, 2.05) is 13.8 Å². The summed E-state index contributed by atoms with van der Waals surface area (Å²) in [6.45, 7) is 4.58. The lowest BCUT2D eigenvalue weighted by Crippen LogP contribution is -2.52. The van der Waals surface area contributed by atoms with E-state index in [9.17, 15) is 9.90 Å². The molecule has 1 rings (SSSR count). The normalized spacial score (nSPS) is 27.9. The lowest BCUT2D eigenvalue weighted by Gasteiger charge is -2.29. The van der Waals surface area contributed by atoms with Crippen LogP contribution in [0.4, 0.5) is 0 Å². The number of aliphatic hydroxyl groups is 1. The maximum atomic E-state index is 10.8. The Kier molecular flexibility index (Phi) is 3.47. The molecule has 1 aliphatic heterocycles. The van der Waals surface area contributed by atoms with E-state index in [0.717, 1.165) is 0 Å². The maximum absolute atomic E-state index is 10.8. The van der Waals surface area contributed by atoms with Crippen molar-refractivity contribution >= 4 is 5.91 Å². The minimum absolute atomic E-state index is 0.107. The van der Waals surface area contributed by atoms with Crippen molar-refractivity contribution in [2.24, 2.45) is 5.73 Å². The third-order valence-electron chi connectivity index (χ3n) is 2.24. The van der Waals surface area contributed by atoms with E-state index in [1.54, 1.807) is 0 Å². The number of rotatable bonds is 4. The first-order valence-electron chi connectivity index (χ1n) is 4.72. The number of nitrogens with one attached hydrogen (secondary N) is 1. The molecule has 1 amide bonds. The maximum Gasteiger partial charge on any atom is 0.219 e. The number of carbonyl (C=O) groups excluding carboxylic acids is 1. The van der Waals surface area contributed by atoms with Crippen molar-refractivity contribution in [3.8, 4) is 0 Å². The molecule has 14 heavy (non-hydrogen) atoms. The molecule has 0 spiro atoms. The van der Waals surface area contributed by atoms with Crippen LogP contribution in [0.3, 0.4) is 0 Å². The molecule has 4 N–H and O–H groups in total. The number of aliphatic hydroxyl groups excluding tert-OH is 1. The van der Waals surface area contributed by atoms with E-state index in [1.165, 1.54) is 0 Å². The van der Waals surface area contributed by atoms with Crippen LogP contribution in [0.25, 0.3) is 0 Å². The van der Waals surface area contributed by atoms with Gasteiger partial charge in [-0.25, -0.2) is 0 Å². The Labute approximate surface area is 83.6 Å². The highest BCUT2D eigenvalue weighted by molar-refractivity contribution is 5.75. The van der Waals surface area contributed by atoms with Crippen LogP contribution in [0.15, 0.2) is 0 Å². The molecule has 82 valence electrons. The molecular formula is C9H18N2O3. The smallest absolute Gasteiger partial charge is 0.219 e. The van der Waals surface area contributed by atoms with Gasteiger partial charge in [-0.05, 0) is 13.8 Å². The van der Waals surface area contributed by atoms with Gasteiger partial charge < -0.3 is 20.9 Å². The number of primary amides is 1. The van der Waals surface area contributed by atoms with Gasteiger partial charge in [-0.2, -0.15) is 0 Å². The molecule has 0 radical (unpaired) electrons. The lowest BCUT2D eigenvalue weighted by molar-refractivity contribution is -0.119. The van der Waals surface area contributed by atoms with E-state index in [4.69, 9.17) is 10.5 Å². The van der Waals surface area contributed by atoms with Gasteiger partial charge in [0.25, 0.3) is 0 Å². The van der Waals surface area contributed by atoms with E-state index < -0.39 is 11.6 Å². The van der Waals surface area contributed by atoms with Crippen molar-refractivity contribution < 1.29 is 14.6 Å². The minimum Gasteiger partial charge on any atom is -0.389 e. The summed E-state index contributed by atoms with van der Waals surface area (Å²) in [5, 5.41) is 12.6. The summed E-state index contributed by atoms with van der Waals surface area (Å²) in [5.41, 5.74) is 4.72. The third kappa shape index (κ3) is 3.25. The first kappa shape index (κ1) is 11.4. The standard InChI is InChI=1S/C9H18N2O3/c1-9(2,3-8(10)13)11-6-4-14-5-7(6)12/h6-7,11-12H,3-5H2,1-2H3,(H2,10,13). The van der Waals surface area contributed by atoms with Gasteiger partial charge in [0, 0.05) is 12.0 Å². The first-order chi connectivity index (χ1) is 6.41. The van der Waals surface area contributed by atoms with E-state index >= 15 is 0 Å². The SMILES string of the molecule is CC(C)(CC(N)=O)NC1COCC1O. The Bertz CT molecular complexity index is 218. The minimum atomic E-state index is -0.498. The zero-order valence-corrected chi connectivity index (χ0v) is 8.62. The molecule has 5 heteroatoms.